The van der Waals surface area contributed by atoms with Gasteiger partial charge in [-0.05, 0) is 41.6 Å². The molecule has 33 heavy (non-hydrogen) atoms. The Morgan fingerprint density at radius 1 is 1.45 bits per heavy atom. The molecule has 3 rings (SSSR count). The Labute approximate surface area is 200 Å². The summed E-state index contributed by atoms with van der Waals surface area (Å²) >= 11 is 2.04. The number of nitro benzene ring substituents is 1. The van der Waals surface area contributed by atoms with Crippen LogP contribution in [-0.2, 0) is 14.2 Å². The highest BCUT2D eigenvalue weighted by molar-refractivity contribution is 14.1. The van der Waals surface area contributed by atoms with Gasteiger partial charge in [0.2, 0.25) is 0 Å². The molecule has 178 valence electrons. The Morgan fingerprint density at radius 3 is 2.85 bits per heavy atom. The first kappa shape index (κ1) is 24.9. The van der Waals surface area contributed by atoms with Gasteiger partial charge in [-0.3, -0.25) is 24.5 Å². The Bertz CT molecular complexity index is 1160. The molecule has 0 aliphatic carbocycles. The molecule has 2 heterocycles. The fourth-order valence-electron chi connectivity index (χ4n) is 3.49. The van der Waals surface area contributed by atoms with Crippen molar-refractivity contribution in [1.82, 2.24) is 9.55 Å². The van der Waals surface area contributed by atoms with E-state index in [4.69, 9.17) is 14.2 Å². The number of aromatic amines is 1. The molecule has 1 fully saturated rings. The molecule has 1 unspecified atom stereocenters. The summed E-state index contributed by atoms with van der Waals surface area (Å²) < 4.78 is 18.0. The van der Waals surface area contributed by atoms with Gasteiger partial charge in [0.15, 0.2) is 0 Å². The average Bonchev–Trinajstić information content (AvgIpc) is 3.16. The first-order valence-corrected chi connectivity index (χ1v) is 11.0. The molecule has 1 saturated heterocycles. The number of nitro groups is 1. The van der Waals surface area contributed by atoms with Gasteiger partial charge in [-0.2, -0.15) is 0 Å². The van der Waals surface area contributed by atoms with Gasteiger partial charge < -0.3 is 19.3 Å². The van der Waals surface area contributed by atoms with Crippen LogP contribution in [0.5, 0.6) is 0 Å². The van der Waals surface area contributed by atoms with Crippen LogP contribution in [0.4, 0.5) is 10.5 Å². The molecule has 1 aromatic heterocycles. The quantitative estimate of drug-likeness (QED) is 0.218. The number of ether oxygens (including phenoxy) is 3. The number of halogens is 1. The Hall–Kier alpha value is -2.78. The molecule has 12 nitrogen and oxygen atoms in total. The molecule has 2 aromatic rings. The highest BCUT2D eigenvalue weighted by Crippen LogP contribution is 2.31. The number of carbonyl (C=O) groups is 1. The first-order chi connectivity index (χ1) is 15.6. The van der Waals surface area contributed by atoms with Crippen LogP contribution >= 0.6 is 22.6 Å². The van der Waals surface area contributed by atoms with Crippen molar-refractivity contribution in [2.75, 3.05) is 13.2 Å². The molecule has 0 bridgehead atoms. The van der Waals surface area contributed by atoms with Gasteiger partial charge in [0.1, 0.15) is 25.0 Å². The number of hydrogen-bond acceptors (Lipinski definition) is 9. The SMILES string of the molecule is Cc1cn([C@H]2C[C@H](OC(=O)OCC(C)c3cc(I)ccc3[N+](=O)[O-])[C@@H](CO)O2)c(=O)[nH]c1=O. The Morgan fingerprint density at radius 2 is 2.18 bits per heavy atom. The van der Waals surface area contributed by atoms with E-state index in [0.717, 1.165) is 8.14 Å². The Kier molecular flexibility index (Phi) is 7.86. The van der Waals surface area contributed by atoms with Crippen LogP contribution in [-0.4, -0.2) is 51.2 Å². The van der Waals surface area contributed by atoms with Crippen LogP contribution in [0.15, 0.2) is 34.0 Å². The fourth-order valence-corrected chi connectivity index (χ4v) is 4.00. The summed E-state index contributed by atoms with van der Waals surface area (Å²) in [6.07, 6.45) is -2.34. The highest BCUT2D eigenvalue weighted by Gasteiger charge is 2.39. The number of aryl methyl sites for hydroxylation is 1. The van der Waals surface area contributed by atoms with E-state index in [0.29, 0.717) is 11.1 Å². The van der Waals surface area contributed by atoms with Gasteiger partial charge in [0.05, 0.1) is 11.5 Å². The van der Waals surface area contributed by atoms with Crippen LogP contribution in [0.25, 0.3) is 0 Å². The number of aliphatic hydroxyl groups is 1. The van der Waals surface area contributed by atoms with Gasteiger partial charge in [-0.15, -0.1) is 0 Å². The van der Waals surface area contributed by atoms with Gasteiger partial charge in [0.25, 0.3) is 11.2 Å². The monoisotopic (exact) mass is 575 g/mol. The summed E-state index contributed by atoms with van der Waals surface area (Å²) in [6, 6.07) is 4.66. The zero-order valence-corrected chi connectivity index (χ0v) is 19.9. The topological polar surface area (TPSA) is 163 Å². The summed E-state index contributed by atoms with van der Waals surface area (Å²) in [6.45, 7) is 2.56. The molecule has 4 atom stereocenters. The molecule has 0 amide bonds. The molecule has 13 heteroatoms. The van der Waals surface area contributed by atoms with Crippen LogP contribution in [0.1, 0.15) is 36.6 Å². The van der Waals surface area contributed by atoms with Crippen molar-refractivity contribution in [3.05, 3.63) is 70.0 Å². The van der Waals surface area contributed by atoms with Gasteiger partial charge in [-0.1, -0.05) is 6.92 Å². The molecule has 1 aliphatic heterocycles. The molecule has 0 spiro atoms. The second-order valence-electron chi connectivity index (χ2n) is 7.60. The molecule has 0 saturated carbocycles. The third kappa shape index (κ3) is 5.78. The van der Waals surface area contributed by atoms with Crippen molar-refractivity contribution in [2.24, 2.45) is 0 Å². The van der Waals surface area contributed by atoms with E-state index < -0.39 is 53.3 Å². The lowest BCUT2D eigenvalue weighted by molar-refractivity contribution is -0.385. The number of hydrogen-bond donors (Lipinski definition) is 2. The minimum absolute atomic E-state index is 0.0453. The molecule has 1 aliphatic rings. The number of nitrogens with zero attached hydrogens (tertiary/aromatic N) is 2. The third-order valence-electron chi connectivity index (χ3n) is 5.23. The van der Waals surface area contributed by atoms with Crippen molar-refractivity contribution < 1.29 is 29.0 Å². The lowest BCUT2D eigenvalue weighted by Crippen LogP contribution is -2.33. The van der Waals surface area contributed by atoms with E-state index in [2.05, 4.69) is 4.98 Å². The van der Waals surface area contributed by atoms with Crippen molar-refractivity contribution in [3.63, 3.8) is 0 Å². The normalized spacial score (nSPS) is 20.9. The maximum absolute atomic E-state index is 12.3. The maximum atomic E-state index is 12.3. The van der Waals surface area contributed by atoms with Gasteiger partial charge in [-0.25, -0.2) is 9.59 Å². The average molecular weight is 575 g/mol. The van der Waals surface area contributed by atoms with Crippen LogP contribution in [0.2, 0.25) is 0 Å². The predicted octanol–water partition coefficient (Wildman–Crippen LogP) is 1.96. The summed E-state index contributed by atoms with van der Waals surface area (Å²) in [5.74, 6) is -0.475. The number of benzene rings is 1. The van der Waals surface area contributed by atoms with E-state index in [9.17, 15) is 29.6 Å². The molecule has 2 N–H and O–H groups in total. The molecule has 1 aromatic carbocycles. The van der Waals surface area contributed by atoms with Crippen LogP contribution < -0.4 is 11.2 Å². The largest absolute Gasteiger partial charge is 0.508 e. The minimum atomic E-state index is -1.03. The number of carbonyl (C=O) groups excluding carboxylic acids is 1. The number of nitrogens with one attached hydrogen (secondary N) is 1. The van der Waals surface area contributed by atoms with Crippen molar-refractivity contribution in [1.29, 1.82) is 0 Å². The zero-order chi connectivity index (χ0) is 24.3. The second-order valence-corrected chi connectivity index (χ2v) is 8.85. The van der Waals surface area contributed by atoms with Crippen LogP contribution in [0, 0.1) is 20.6 Å². The van der Waals surface area contributed by atoms with Crippen molar-refractivity contribution >= 4 is 34.4 Å². The zero-order valence-electron chi connectivity index (χ0n) is 17.7. The summed E-state index contributed by atoms with van der Waals surface area (Å²) in [7, 11) is 0. The van der Waals surface area contributed by atoms with Gasteiger partial charge >= 0.3 is 11.8 Å². The molecular weight excluding hydrogens is 553 g/mol. The summed E-state index contributed by atoms with van der Waals surface area (Å²) in [4.78, 5) is 48.9. The highest BCUT2D eigenvalue weighted by atomic mass is 127. The maximum Gasteiger partial charge on any atom is 0.508 e. The third-order valence-corrected chi connectivity index (χ3v) is 5.90. The molecule has 0 radical (unpaired) electrons. The number of rotatable bonds is 7. The van der Waals surface area contributed by atoms with E-state index in [-0.39, 0.29) is 18.7 Å². The lowest BCUT2D eigenvalue weighted by atomic mass is 10.0. The van der Waals surface area contributed by atoms with Gasteiger partial charge in [0, 0.05) is 39.3 Å². The smallest absolute Gasteiger partial charge is 0.434 e. The standard InChI is InChI=1S/C20H22IN3O9/c1-10-7-23(19(27)22-18(10)26)17-6-15(16(8-25)32-17)33-20(28)31-9-11(2)13-5-12(21)3-4-14(13)24(29)30/h3-5,7,11,15-17,25H,6,8-9H2,1-2H3,(H,22,26,27)/t11?,15-,16+,17+/m0/s1. The summed E-state index contributed by atoms with van der Waals surface area (Å²) in [5, 5.41) is 20.9. The second kappa shape index (κ2) is 10.4. The van der Waals surface area contributed by atoms with E-state index in [1.54, 1.807) is 19.1 Å². The fraction of sp³-hybridized carbons (Fsp3) is 0.450. The minimum Gasteiger partial charge on any atom is -0.434 e. The molecular formula is C20H22IN3O9. The predicted molar refractivity (Wildman–Crippen MR) is 122 cm³/mol. The number of aliphatic hydroxyl groups excluding tert-OH is 1. The van der Waals surface area contributed by atoms with Crippen LogP contribution in [0.3, 0.4) is 0 Å². The first-order valence-electron chi connectivity index (χ1n) is 9.96. The van der Waals surface area contributed by atoms with E-state index in [1.807, 2.05) is 22.6 Å². The van der Waals surface area contributed by atoms with Crippen molar-refractivity contribution in [2.45, 2.75) is 44.6 Å². The lowest BCUT2D eigenvalue weighted by Gasteiger charge is -2.17. The Balaban J connectivity index is 1.64. The summed E-state index contributed by atoms with van der Waals surface area (Å²) in [5.41, 5.74) is -0.574. The van der Waals surface area contributed by atoms with E-state index in [1.165, 1.54) is 19.2 Å². The number of aromatic nitrogens is 2. The number of H-pyrrole nitrogens is 1. The van der Waals surface area contributed by atoms with E-state index >= 15 is 0 Å². The van der Waals surface area contributed by atoms with Crippen molar-refractivity contribution in [3.8, 4) is 0 Å².